The Hall–Kier alpha value is -1.68. The van der Waals surface area contributed by atoms with Crippen molar-refractivity contribution in [1.82, 2.24) is 15.6 Å². The summed E-state index contributed by atoms with van der Waals surface area (Å²) in [7, 11) is 0. The molecule has 1 aliphatic heterocycles. The summed E-state index contributed by atoms with van der Waals surface area (Å²) >= 11 is 0. The molecule has 1 aromatic rings. The molecule has 0 aliphatic carbocycles. The summed E-state index contributed by atoms with van der Waals surface area (Å²) in [4.78, 5) is 16.2. The zero-order valence-electron chi connectivity index (χ0n) is 10.2. The first kappa shape index (κ1) is 11.8. The van der Waals surface area contributed by atoms with Gasteiger partial charge in [-0.1, -0.05) is 6.07 Å². The Morgan fingerprint density at radius 2 is 2.24 bits per heavy atom. The molecule has 2 heterocycles. The van der Waals surface area contributed by atoms with E-state index in [9.17, 15) is 4.79 Å². The largest absolute Gasteiger partial charge is 0.344 e. The zero-order chi connectivity index (χ0) is 12.3. The average Bonchev–Trinajstić information content (AvgIpc) is 2.27. The van der Waals surface area contributed by atoms with E-state index in [2.05, 4.69) is 15.6 Å². The lowest BCUT2D eigenvalue weighted by molar-refractivity contribution is -0.118. The molecule has 1 atom stereocenters. The maximum absolute atomic E-state index is 11.9. The van der Waals surface area contributed by atoms with E-state index in [0.29, 0.717) is 0 Å². The first-order valence-electron chi connectivity index (χ1n) is 5.79. The van der Waals surface area contributed by atoms with E-state index in [1.165, 1.54) is 5.57 Å². The van der Waals surface area contributed by atoms with Gasteiger partial charge in [-0.3, -0.25) is 9.78 Å². The van der Waals surface area contributed by atoms with Crippen LogP contribution in [-0.4, -0.2) is 24.0 Å². The Bertz CT molecular complexity index is 433. The molecule has 1 saturated heterocycles. The molecule has 1 aromatic heterocycles. The van der Waals surface area contributed by atoms with Crippen molar-refractivity contribution in [2.75, 3.05) is 13.1 Å². The van der Waals surface area contributed by atoms with Gasteiger partial charge in [-0.05, 0) is 31.6 Å². The van der Waals surface area contributed by atoms with Crippen molar-refractivity contribution in [3.05, 3.63) is 41.2 Å². The fourth-order valence-electron chi connectivity index (χ4n) is 1.69. The quantitative estimate of drug-likeness (QED) is 0.768. The molecule has 1 amide bonds. The molecule has 17 heavy (non-hydrogen) atoms. The molecule has 0 aromatic carbocycles. The lowest BCUT2D eigenvalue weighted by atomic mass is 10.0. The van der Waals surface area contributed by atoms with Gasteiger partial charge in [0.25, 0.3) is 0 Å². The second-order valence-corrected chi connectivity index (χ2v) is 4.28. The van der Waals surface area contributed by atoms with Crippen molar-refractivity contribution < 1.29 is 4.79 Å². The van der Waals surface area contributed by atoms with E-state index in [1.54, 1.807) is 6.20 Å². The molecule has 0 unspecified atom stereocenters. The Morgan fingerprint density at radius 3 is 2.76 bits per heavy atom. The van der Waals surface area contributed by atoms with E-state index >= 15 is 0 Å². The number of carbonyl (C=O) groups is 1. The standard InChI is InChI=1S/C13H17N3O/c1-9(11-7-14-8-11)13(17)16-10(2)12-5-3-4-6-15-12/h3-6,10,14H,7-8H2,1-2H3,(H,16,17)/t10-/m0/s1. The van der Waals surface area contributed by atoms with Crippen molar-refractivity contribution in [3.8, 4) is 0 Å². The summed E-state index contributed by atoms with van der Waals surface area (Å²) in [6, 6.07) is 5.64. The molecule has 4 nitrogen and oxygen atoms in total. The molecule has 0 saturated carbocycles. The zero-order valence-corrected chi connectivity index (χ0v) is 10.2. The second kappa shape index (κ2) is 5.10. The third-order valence-electron chi connectivity index (χ3n) is 3.03. The molecular formula is C13H17N3O. The van der Waals surface area contributed by atoms with Crippen LogP contribution in [0.25, 0.3) is 0 Å². The smallest absolute Gasteiger partial charge is 0.247 e. The van der Waals surface area contributed by atoms with Crippen molar-refractivity contribution in [2.24, 2.45) is 0 Å². The topological polar surface area (TPSA) is 54.0 Å². The van der Waals surface area contributed by atoms with Crippen molar-refractivity contribution in [2.45, 2.75) is 19.9 Å². The maximum Gasteiger partial charge on any atom is 0.247 e. The average molecular weight is 231 g/mol. The number of nitrogens with zero attached hydrogens (tertiary/aromatic N) is 1. The highest BCUT2D eigenvalue weighted by atomic mass is 16.1. The van der Waals surface area contributed by atoms with Gasteiger partial charge in [0.1, 0.15) is 0 Å². The molecule has 90 valence electrons. The third-order valence-corrected chi connectivity index (χ3v) is 3.03. The van der Waals surface area contributed by atoms with Gasteiger partial charge in [0.2, 0.25) is 5.91 Å². The first-order chi connectivity index (χ1) is 8.18. The predicted octanol–water partition coefficient (Wildman–Crippen LogP) is 1.18. The summed E-state index contributed by atoms with van der Waals surface area (Å²) in [5, 5.41) is 6.09. The highest BCUT2D eigenvalue weighted by Gasteiger charge is 2.17. The van der Waals surface area contributed by atoms with Gasteiger partial charge in [0.15, 0.2) is 0 Å². The molecule has 1 fully saturated rings. The summed E-state index contributed by atoms with van der Waals surface area (Å²) in [6.45, 7) is 5.47. The van der Waals surface area contributed by atoms with Crippen LogP contribution in [-0.2, 0) is 4.79 Å². The summed E-state index contributed by atoms with van der Waals surface area (Å²) in [5.74, 6) is -0.000321. The SMILES string of the molecule is CC(C(=O)N[C@@H](C)c1ccccn1)=C1CNC1. The lowest BCUT2D eigenvalue weighted by Crippen LogP contribution is -2.38. The minimum absolute atomic E-state index is 0.000321. The number of carbonyl (C=O) groups excluding carboxylic acids is 1. The Morgan fingerprint density at radius 1 is 1.47 bits per heavy atom. The van der Waals surface area contributed by atoms with Crippen LogP contribution in [0.2, 0.25) is 0 Å². The number of hydrogen-bond acceptors (Lipinski definition) is 3. The summed E-state index contributed by atoms with van der Waals surface area (Å²) < 4.78 is 0. The monoisotopic (exact) mass is 231 g/mol. The lowest BCUT2D eigenvalue weighted by Gasteiger charge is -2.22. The predicted molar refractivity (Wildman–Crippen MR) is 66.4 cm³/mol. The van der Waals surface area contributed by atoms with Crippen LogP contribution in [0.5, 0.6) is 0 Å². The number of rotatable bonds is 3. The van der Waals surface area contributed by atoms with Crippen LogP contribution >= 0.6 is 0 Å². The van der Waals surface area contributed by atoms with Crippen molar-refractivity contribution >= 4 is 5.91 Å². The molecule has 2 N–H and O–H groups in total. The van der Waals surface area contributed by atoms with Crippen LogP contribution in [0.3, 0.4) is 0 Å². The van der Waals surface area contributed by atoms with Gasteiger partial charge in [-0.25, -0.2) is 0 Å². The number of hydrogen-bond donors (Lipinski definition) is 2. The second-order valence-electron chi connectivity index (χ2n) is 4.28. The number of aromatic nitrogens is 1. The Balaban J connectivity index is 1.99. The van der Waals surface area contributed by atoms with Gasteiger partial charge in [-0.2, -0.15) is 0 Å². The fraction of sp³-hybridized carbons (Fsp3) is 0.385. The van der Waals surface area contributed by atoms with Crippen LogP contribution in [0.4, 0.5) is 0 Å². The van der Waals surface area contributed by atoms with Crippen molar-refractivity contribution in [1.29, 1.82) is 0 Å². The van der Waals surface area contributed by atoms with E-state index in [0.717, 1.165) is 24.4 Å². The van der Waals surface area contributed by atoms with Gasteiger partial charge >= 0.3 is 0 Å². The van der Waals surface area contributed by atoms with E-state index in [4.69, 9.17) is 0 Å². The van der Waals surface area contributed by atoms with Crippen LogP contribution < -0.4 is 10.6 Å². The normalized spacial score (nSPS) is 16.0. The Kier molecular flexibility index (Phi) is 3.54. The molecule has 0 radical (unpaired) electrons. The Labute approximate surface area is 101 Å². The van der Waals surface area contributed by atoms with Gasteiger partial charge in [0.05, 0.1) is 11.7 Å². The number of pyridine rings is 1. The summed E-state index contributed by atoms with van der Waals surface area (Å²) in [5.41, 5.74) is 2.90. The van der Waals surface area contributed by atoms with E-state index < -0.39 is 0 Å². The molecule has 1 aliphatic rings. The number of nitrogens with one attached hydrogen (secondary N) is 2. The highest BCUT2D eigenvalue weighted by Crippen LogP contribution is 2.12. The van der Waals surface area contributed by atoms with Gasteiger partial charge < -0.3 is 10.6 Å². The fourth-order valence-corrected chi connectivity index (χ4v) is 1.69. The van der Waals surface area contributed by atoms with Crippen molar-refractivity contribution in [3.63, 3.8) is 0 Å². The van der Waals surface area contributed by atoms with E-state index in [1.807, 2.05) is 32.0 Å². The van der Waals surface area contributed by atoms with Crippen LogP contribution in [0.15, 0.2) is 35.5 Å². The molecular weight excluding hydrogens is 214 g/mol. The maximum atomic E-state index is 11.9. The molecule has 0 spiro atoms. The molecule has 0 bridgehead atoms. The molecule has 4 heteroatoms. The first-order valence-corrected chi connectivity index (χ1v) is 5.79. The third kappa shape index (κ3) is 2.71. The minimum Gasteiger partial charge on any atom is -0.344 e. The van der Waals surface area contributed by atoms with Crippen LogP contribution in [0.1, 0.15) is 25.6 Å². The van der Waals surface area contributed by atoms with Gasteiger partial charge in [0, 0.05) is 24.9 Å². The summed E-state index contributed by atoms with van der Waals surface area (Å²) in [6.07, 6.45) is 1.74. The number of amides is 1. The highest BCUT2D eigenvalue weighted by molar-refractivity contribution is 5.94. The molecule has 2 rings (SSSR count). The van der Waals surface area contributed by atoms with E-state index in [-0.39, 0.29) is 11.9 Å². The van der Waals surface area contributed by atoms with Gasteiger partial charge in [-0.15, -0.1) is 0 Å². The van der Waals surface area contributed by atoms with Crippen LogP contribution in [0, 0.1) is 0 Å². The minimum atomic E-state index is -0.0627.